The van der Waals surface area contributed by atoms with E-state index in [-0.39, 0.29) is 12.4 Å². The quantitative estimate of drug-likeness (QED) is 0.758. The number of rotatable bonds is 5. The number of nitrogens with one attached hydrogen (secondary N) is 1. The van der Waals surface area contributed by atoms with Crippen molar-refractivity contribution in [3.8, 4) is 22.6 Å². The van der Waals surface area contributed by atoms with Crippen LogP contribution in [0.1, 0.15) is 5.56 Å². The molecule has 0 radical (unpaired) electrons. The van der Waals surface area contributed by atoms with E-state index in [2.05, 4.69) is 34.6 Å². The standard InChI is InChI=1S/C19H20N2O2.ClH/c1-20-12-13-4-6-14(7-5-13)15-8-9-21-17-11-19(23-3)18(22-2)10-16(15)17;/h4-11,20H,12H2,1-3H3;1H. The first-order valence-corrected chi connectivity index (χ1v) is 7.51. The molecule has 0 amide bonds. The Kier molecular flexibility index (Phi) is 6.01. The Morgan fingerprint density at radius 3 is 2.25 bits per heavy atom. The van der Waals surface area contributed by atoms with Gasteiger partial charge in [-0.25, -0.2) is 0 Å². The lowest BCUT2D eigenvalue weighted by molar-refractivity contribution is 0.356. The first kappa shape index (κ1) is 18.0. The second-order valence-corrected chi connectivity index (χ2v) is 5.31. The first-order valence-electron chi connectivity index (χ1n) is 7.51. The smallest absolute Gasteiger partial charge is 0.162 e. The number of hydrogen-bond donors (Lipinski definition) is 1. The topological polar surface area (TPSA) is 43.4 Å². The van der Waals surface area contributed by atoms with Gasteiger partial charge in [-0.2, -0.15) is 0 Å². The van der Waals surface area contributed by atoms with Gasteiger partial charge in [-0.05, 0) is 35.9 Å². The summed E-state index contributed by atoms with van der Waals surface area (Å²) in [7, 11) is 5.23. The highest BCUT2D eigenvalue weighted by atomic mass is 35.5. The lowest BCUT2D eigenvalue weighted by Crippen LogP contribution is -2.04. The molecule has 3 aromatic rings. The van der Waals surface area contributed by atoms with Crippen molar-refractivity contribution in [3.05, 3.63) is 54.2 Å². The predicted molar refractivity (Wildman–Crippen MR) is 100 cm³/mol. The van der Waals surface area contributed by atoms with Crippen molar-refractivity contribution in [1.82, 2.24) is 10.3 Å². The highest BCUT2D eigenvalue weighted by Gasteiger charge is 2.11. The van der Waals surface area contributed by atoms with E-state index in [9.17, 15) is 0 Å². The molecule has 2 aromatic carbocycles. The van der Waals surface area contributed by atoms with Crippen LogP contribution < -0.4 is 14.8 Å². The predicted octanol–water partition coefficient (Wildman–Crippen LogP) is 4.06. The minimum atomic E-state index is 0. The normalized spacial score (nSPS) is 10.3. The Hall–Kier alpha value is -2.30. The second kappa shape index (κ2) is 7.99. The van der Waals surface area contributed by atoms with Gasteiger partial charge < -0.3 is 14.8 Å². The van der Waals surface area contributed by atoms with E-state index in [1.54, 1.807) is 14.2 Å². The van der Waals surface area contributed by atoms with Crippen molar-refractivity contribution < 1.29 is 9.47 Å². The summed E-state index contributed by atoms with van der Waals surface area (Å²) in [6.07, 6.45) is 1.82. The molecule has 1 N–H and O–H groups in total. The van der Waals surface area contributed by atoms with Crippen LogP contribution in [0.3, 0.4) is 0 Å². The average molecular weight is 345 g/mol. The zero-order valence-corrected chi connectivity index (χ0v) is 14.8. The van der Waals surface area contributed by atoms with Gasteiger partial charge in [0.05, 0.1) is 19.7 Å². The van der Waals surface area contributed by atoms with Crippen molar-refractivity contribution >= 4 is 23.3 Å². The number of halogens is 1. The van der Waals surface area contributed by atoms with Gasteiger partial charge in [0.15, 0.2) is 11.5 Å². The average Bonchev–Trinajstić information content (AvgIpc) is 2.61. The maximum Gasteiger partial charge on any atom is 0.162 e. The van der Waals surface area contributed by atoms with Crippen LogP contribution in [0.25, 0.3) is 22.0 Å². The van der Waals surface area contributed by atoms with Crippen molar-refractivity contribution in [2.45, 2.75) is 6.54 Å². The molecule has 3 rings (SSSR count). The van der Waals surface area contributed by atoms with Gasteiger partial charge in [-0.3, -0.25) is 4.98 Å². The molecule has 0 bridgehead atoms. The second-order valence-electron chi connectivity index (χ2n) is 5.31. The van der Waals surface area contributed by atoms with Crippen LogP contribution in [0.15, 0.2) is 48.7 Å². The van der Waals surface area contributed by atoms with Crippen LogP contribution in [-0.2, 0) is 6.54 Å². The number of aromatic nitrogens is 1. The number of benzene rings is 2. The van der Waals surface area contributed by atoms with E-state index in [0.717, 1.165) is 28.6 Å². The lowest BCUT2D eigenvalue weighted by Gasteiger charge is -2.12. The largest absolute Gasteiger partial charge is 0.493 e. The Morgan fingerprint density at radius 1 is 0.958 bits per heavy atom. The molecule has 0 aliphatic rings. The third-order valence-corrected chi connectivity index (χ3v) is 3.89. The Morgan fingerprint density at radius 2 is 1.62 bits per heavy atom. The summed E-state index contributed by atoms with van der Waals surface area (Å²) in [6, 6.07) is 14.5. The van der Waals surface area contributed by atoms with E-state index >= 15 is 0 Å². The minimum Gasteiger partial charge on any atom is -0.493 e. The number of fused-ring (bicyclic) bond motifs is 1. The van der Waals surface area contributed by atoms with Crippen molar-refractivity contribution in [3.63, 3.8) is 0 Å². The molecule has 5 heteroatoms. The molecular formula is C19H21ClN2O2. The number of hydrogen-bond acceptors (Lipinski definition) is 4. The number of nitrogens with zero attached hydrogens (tertiary/aromatic N) is 1. The molecule has 0 fully saturated rings. The molecule has 4 nitrogen and oxygen atoms in total. The van der Waals surface area contributed by atoms with E-state index in [4.69, 9.17) is 9.47 Å². The van der Waals surface area contributed by atoms with E-state index in [1.807, 2.05) is 31.4 Å². The Balaban J connectivity index is 0.00000208. The maximum atomic E-state index is 5.43. The molecule has 0 atom stereocenters. The van der Waals surface area contributed by atoms with Gasteiger partial charge in [-0.15, -0.1) is 12.4 Å². The van der Waals surface area contributed by atoms with Gasteiger partial charge in [0.2, 0.25) is 0 Å². The lowest BCUT2D eigenvalue weighted by atomic mass is 10.00. The highest BCUT2D eigenvalue weighted by molar-refractivity contribution is 5.96. The summed E-state index contributed by atoms with van der Waals surface area (Å²) in [5, 5.41) is 4.21. The summed E-state index contributed by atoms with van der Waals surface area (Å²) in [4.78, 5) is 4.45. The van der Waals surface area contributed by atoms with Gasteiger partial charge in [0.25, 0.3) is 0 Å². The minimum absolute atomic E-state index is 0. The monoisotopic (exact) mass is 344 g/mol. The fraction of sp³-hybridized carbons (Fsp3) is 0.211. The fourth-order valence-corrected chi connectivity index (χ4v) is 2.73. The number of ether oxygens (including phenoxy) is 2. The summed E-state index contributed by atoms with van der Waals surface area (Å²) in [5.74, 6) is 1.40. The molecule has 1 aromatic heterocycles. The number of pyridine rings is 1. The van der Waals surface area contributed by atoms with E-state index < -0.39 is 0 Å². The summed E-state index contributed by atoms with van der Waals surface area (Å²) in [5.41, 5.74) is 4.43. The molecule has 0 saturated heterocycles. The summed E-state index contributed by atoms with van der Waals surface area (Å²) >= 11 is 0. The van der Waals surface area contributed by atoms with Crippen LogP contribution in [0.4, 0.5) is 0 Å². The van der Waals surface area contributed by atoms with Crippen molar-refractivity contribution in [2.24, 2.45) is 0 Å². The van der Waals surface area contributed by atoms with Crippen molar-refractivity contribution in [1.29, 1.82) is 0 Å². The summed E-state index contributed by atoms with van der Waals surface area (Å²) < 4.78 is 10.8. The van der Waals surface area contributed by atoms with Crippen molar-refractivity contribution in [2.75, 3.05) is 21.3 Å². The van der Waals surface area contributed by atoms with Crippen LogP contribution in [-0.4, -0.2) is 26.3 Å². The van der Waals surface area contributed by atoms with Crippen LogP contribution in [0, 0.1) is 0 Å². The van der Waals surface area contributed by atoms with Gasteiger partial charge >= 0.3 is 0 Å². The van der Waals surface area contributed by atoms with Gasteiger partial charge in [0, 0.05) is 24.2 Å². The molecule has 24 heavy (non-hydrogen) atoms. The highest BCUT2D eigenvalue weighted by Crippen LogP contribution is 2.36. The van der Waals surface area contributed by atoms with Gasteiger partial charge in [0.1, 0.15) is 0 Å². The molecular weight excluding hydrogens is 324 g/mol. The zero-order chi connectivity index (χ0) is 16.2. The van der Waals surface area contributed by atoms with Gasteiger partial charge in [-0.1, -0.05) is 24.3 Å². The molecule has 0 aliphatic heterocycles. The molecule has 0 aliphatic carbocycles. The first-order chi connectivity index (χ1) is 11.3. The SMILES string of the molecule is CNCc1ccc(-c2ccnc3cc(OC)c(OC)cc23)cc1.Cl. The van der Waals surface area contributed by atoms with Crippen LogP contribution in [0.5, 0.6) is 11.5 Å². The zero-order valence-electron chi connectivity index (χ0n) is 14.0. The molecule has 0 saturated carbocycles. The molecule has 1 heterocycles. The Labute approximate surface area is 148 Å². The molecule has 126 valence electrons. The molecule has 0 unspecified atom stereocenters. The van der Waals surface area contributed by atoms with Crippen LogP contribution in [0.2, 0.25) is 0 Å². The molecule has 0 spiro atoms. The van der Waals surface area contributed by atoms with Crippen LogP contribution >= 0.6 is 12.4 Å². The third kappa shape index (κ3) is 3.45. The van der Waals surface area contributed by atoms with E-state index in [0.29, 0.717) is 11.5 Å². The Bertz CT molecular complexity index is 819. The fourth-order valence-electron chi connectivity index (χ4n) is 2.73. The maximum absolute atomic E-state index is 5.43. The summed E-state index contributed by atoms with van der Waals surface area (Å²) in [6.45, 7) is 0.863. The van der Waals surface area contributed by atoms with E-state index in [1.165, 1.54) is 5.56 Å². The third-order valence-electron chi connectivity index (χ3n) is 3.89. The number of methoxy groups -OCH3 is 2.